The molecule has 1 aliphatic rings. The van der Waals surface area contributed by atoms with Gasteiger partial charge in [0.2, 0.25) is 0 Å². The number of nitrogens with one attached hydrogen (secondary N) is 1. The molecule has 0 aromatic carbocycles. The zero-order valence-corrected chi connectivity index (χ0v) is 10.4. The van der Waals surface area contributed by atoms with E-state index in [4.69, 9.17) is 0 Å². The molecule has 0 atom stereocenters. The predicted molar refractivity (Wildman–Crippen MR) is 64.0 cm³/mol. The highest BCUT2D eigenvalue weighted by Gasteiger charge is 2.32. The maximum Gasteiger partial charge on any atom is 0.130 e. The van der Waals surface area contributed by atoms with Crippen molar-refractivity contribution >= 4 is 5.78 Å². The van der Waals surface area contributed by atoms with E-state index in [-0.39, 0.29) is 5.41 Å². The average molecular weight is 211 g/mol. The minimum Gasteiger partial charge on any atom is -0.314 e. The van der Waals surface area contributed by atoms with Gasteiger partial charge in [0.25, 0.3) is 0 Å². The van der Waals surface area contributed by atoms with Crippen molar-refractivity contribution in [2.45, 2.75) is 65.3 Å². The van der Waals surface area contributed by atoms with Crippen LogP contribution in [0.15, 0.2) is 0 Å². The summed E-state index contributed by atoms with van der Waals surface area (Å²) in [6, 6.07) is 0.524. The Morgan fingerprint density at radius 1 is 1.27 bits per heavy atom. The topological polar surface area (TPSA) is 29.1 Å². The molecule has 15 heavy (non-hydrogen) atoms. The number of hydrogen-bond acceptors (Lipinski definition) is 2. The predicted octanol–water partition coefficient (Wildman–Crippen LogP) is 2.91. The molecule has 1 saturated carbocycles. The van der Waals surface area contributed by atoms with Gasteiger partial charge in [0.1, 0.15) is 5.78 Å². The first-order valence-corrected chi connectivity index (χ1v) is 6.27. The fourth-order valence-corrected chi connectivity index (χ4v) is 2.67. The standard InChI is InChI=1S/C13H25NO/c1-11(2)14-10-13(9-12(3)15)7-5-4-6-8-13/h11,14H,4-10H2,1-3H3. The number of Topliss-reactive ketones (excluding diaryl/α,β-unsaturated/α-hetero) is 1. The Morgan fingerprint density at radius 2 is 1.87 bits per heavy atom. The largest absolute Gasteiger partial charge is 0.314 e. The van der Waals surface area contributed by atoms with E-state index in [0.29, 0.717) is 11.8 Å². The van der Waals surface area contributed by atoms with E-state index in [0.717, 1.165) is 13.0 Å². The summed E-state index contributed by atoms with van der Waals surface area (Å²) in [5.41, 5.74) is 0.272. The van der Waals surface area contributed by atoms with Crippen molar-refractivity contribution in [3.63, 3.8) is 0 Å². The maximum atomic E-state index is 11.3. The Morgan fingerprint density at radius 3 is 2.33 bits per heavy atom. The summed E-state index contributed by atoms with van der Waals surface area (Å²) in [5.74, 6) is 0.349. The van der Waals surface area contributed by atoms with Crippen molar-refractivity contribution in [3.05, 3.63) is 0 Å². The smallest absolute Gasteiger partial charge is 0.130 e. The third-order valence-electron chi connectivity index (χ3n) is 3.42. The summed E-state index contributed by atoms with van der Waals surface area (Å²) in [4.78, 5) is 11.3. The van der Waals surface area contributed by atoms with E-state index in [1.807, 2.05) is 0 Å². The van der Waals surface area contributed by atoms with Gasteiger partial charge in [0.15, 0.2) is 0 Å². The first-order valence-electron chi connectivity index (χ1n) is 6.27. The number of ketones is 1. The molecule has 0 saturated heterocycles. The lowest BCUT2D eigenvalue weighted by molar-refractivity contribution is -0.119. The fraction of sp³-hybridized carbons (Fsp3) is 0.923. The number of carbonyl (C=O) groups excluding carboxylic acids is 1. The van der Waals surface area contributed by atoms with Gasteiger partial charge >= 0.3 is 0 Å². The fourth-order valence-electron chi connectivity index (χ4n) is 2.67. The van der Waals surface area contributed by atoms with Crippen molar-refractivity contribution in [1.29, 1.82) is 0 Å². The van der Waals surface area contributed by atoms with Crippen molar-refractivity contribution in [3.8, 4) is 0 Å². The van der Waals surface area contributed by atoms with Crippen LogP contribution in [0.1, 0.15) is 59.3 Å². The van der Waals surface area contributed by atoms with Gasteiger partial charge < -0.3 is 10.1 Å². The van der Waals surface area contributed by atoms with Gasteiger partial charge in [-0.1, -0.05) is 33.1 Å². The zero-order valence-electron chi connectivity index (χ0n) is 10.4. The van der Waals surface area contributed by atoms with Gasteiger partial charge in [-0.05, 0) is 25.2 Å². The molecule has 0 radical (unpaired) electrons. The summed E-state index contributed by atoms with van der Waals surface area (Å²) < 4.78 is 0. The molecule has 88 valence electrons. The Balaban J connectivity index is 2.53. The molecule has 1 aliphatic carbocycles. The minimum absolute atomic E-state index is 0.272. The van der Waals surface area contributed by atoms with Crippen LogP contribution in [0.4, 0.5) is 0 Å². The van der Waals surface area contributed by atoms with Gasteiger partial charge in [-0.2, -0.15) is 0 Å². The van der Waals surface area contributed by atoms with E-state index in [9.17, 15) is 4.79 Å². The van der Waals surface area contributed by atoms with Crippen LogP contribution in [0.5, 0.6) is 0 Å². The van der Waals surface area contributed by atoms with Crippen LogP contribution >= 0.6 is 0 Å². The molecule has 0 unspecified atom stereocenters. The van der Waals surface area contributed by atoms with E-state index < -0.39 is 0 Å². The minimum atomic E-state index is 0.272. The molecule has 1 fully saturated rings. The summed E-state index contributed by atoms with van der Waals surface area (Å²) in [6.45, 7) is 7.09. The van der Waals surface area contributed by atoms with Gasteiger partial charge in [0, 0.05) is 19.0 Å². The Bertz CT molecular complexity index is 205. The van der Waals surface area contributed by atoms with Gasteiger partial charge in [-0.25, -0.2) is 0 Å². The van der Waals surface area contributed by atoms with E-state index >= 15 is 0 Å². The van der Waals surface area contributed by atoms with Crippen LogP contribution in [0.3, 0.4) is 0 Å². The Hall–Kier alpha value is -0.370. The summed E-state index contributed by atoms with van der Waals surface area (Å²) in [5, 5.41) is 3.51. The normalized spacial score (nSPS) is 20.5. The van der Waals surface area contributed by atoms with Crippen LogP contribution < -0.4 is 5.32 Å². The van der Waals surface area contributed by atoms with Gasteiger partial charge in [-0.15, -0.1) is 0 Å². The molecule has 0 aromatic heterocycles. The van der Waals surface area contributed by atoms with Crippen molar-refractivity contribution in [2.24, 2.45) is 5.41 Å². The molecule has 0 heterocycles. The molecule has 0 bridgehead atoms. The molecule has 1 rings (SSSR count). The second-order valence-electron chi connectivity index (χ2n) is 5.48. The molecule has 0 amide bonds. The molecular formula is C13H25NO. The van der Waals surface area contributed by atoms with Crippen molar-refractivity contribution in [2.75, 3.05) is 6.54 Å². The highest BCUT2D eigenvalue weighted by molar-refractivity contribution is 5.76. The van der Waals surface area contributed by atoms with E-state index in [1.165, 1.54) is 32.1 Å². The summed E-state index contributed by atoms with van der Waals surface area (Å²) in [7, 11) is 0. The molecule has 2 heteroatoms. The average Bonchev–Trinajstić information content (AvgIpc) is 2.15. The lowest BCUT2D eigenvalue weighted by Gasteiger charge is -2.37. The Labute approximate surface area is 93.8 Å². The third-order valence-corrected chi connectivity index (χ3v) is 3.42. The summed E-state index contributed by atoms with van der Waals surface area (Å²) >= 11 is 0. The molecular weight excluding hydrogens is 186 g/mol. The number of hydrogen-bond donors (Lipinski definition) is 1. The van der Waals surface area contributed by atoms with E-state index in [1.54, 1.807) is 6.92 Å². The first kappa shape index (κ1) is 12.7. The summed E-state index contributed by atoms with van der Waals surface area (Å²) in [6.07, 6.45) is 7.17. The molecule has 1 N–H and O–H groups in total. The SMILES string of the molecule is CC(=O)CC1(CNC(C)C)CCCCC1. The molecule has 2 nitrogen and oxygen atoms in total. The van der Waals surface area contributed by atoms with Gasteiger partial charge in [0.05, 0.1) is 0 Å². The monoisotopic (exact) mass is 211 g/mol. The molecule has 0 aliphatic heterocycles. The maximum absolute atomic E-state index is 11.3. The molecule has 0 spiro atoms. The van der Waals surface area contributed by atoms with E-state index in [2.05, 4.69) is 19.2 Å². The van der Waals surface area contributed by atoms with Crippen LogP contribution in [0.2, 0.25) is 0 Å². The quantitative estimate of drug-likeness (QED) is 0.757. The lowest BCUT2D eigenvalue weighted by atomic mass is 9.71. The lowest BCUT2D eigenvalue weighted by Crippen LogP contribution is -2.40. The first-order chi connectivity index (χ1) is 7.04. The van der Waals surface area contributed by atoms with Crippen LogP contribution in [0, 0.1) is 5.41 Å². The Kier molecular flexibility index (Phi) is 4.78. The highest BCUT2D eigenvalue weighted by Crippen LogP contribution is 2.39. The van der Waals surface area contributed by atoms with Gasteiger partial charge in [-0.3, -0.25) is 0 Å². The van der Waals surface area contributed by atoms with Crippen LogP contribution in [0.25, 0.3) is 0 Å². The van der Waals surface area contributed by atoms with Crippen LogP contribution in [-0.4, -0.2) is 18.4 Å². The highest BCUT2D eigenvalue weighted by atomic mass is 16.1. The van der Waals surface area contributed by atoms with Crippen molar-refractivity contribution < 1.29 is 4.79 Å². The van der Waals surface area contributed by atoms with Crippen molar-refractivity contribution in [1.82, 2.24) is 5.32 Å². The second-order valence-corrected chi connectivity index (χ2v) is 5.48. The second kappa shape index (κ2) is 5.64. The number of carbonyl (C=O) groups is 1. The molecule has 0 aromatic rings. The van der Waals surface area contributed by atoms with Crippen LogP contribution in [-0.2, 0) is 4.79 Å². The third kappa shape index (κ3) is 4.33. The zero-order chi connectivity index (χ0) is 11.3. The number of rotatable bonds is 5.